The van der Waals surface area contributed by atoms with Crippen molar-refractivity contribution in [3.63, 3.8) is 0 Å². The first-order valence-corrected chi connectivity index (χ1v) is 6.47. The Morgan fingerprint density at radius 2 is 1.95 bits per heavy atom. The molecular weight excluding hydrogens is 274 g/mol. The molecule has 5 nitrogen and oxygen atoms in total. The van der Waals surface area contributed by atoms with E-state index >= 15 is 0 Å². The first-order valence-electron chi connectivity index (χ1n) is 6.09. The van der Waals surface area contributed by atoms with Crippen LogP contribution in [0.1, 0.15) is 0 Å². The molecule has 0 aliphatic heterocycles. The molecular formula is C14H12ClN5. The highest BCUT2D eigenvalue weighted by Gasteiger charge is 2.08. The van der Waals surface area contributed by atoms with E-state index in [0.717, 1.165) is 11.4 Å². The van der Waals surface area contributed by atoms with Gasteiger partial charge < -0.3 is 5.32 Å². The molecule has 0 bridgehead atoms. The van der Waals surface area contributed by atoms with Crippen molar-refractivity contribution >= 4 is 17.4 Å². The fourth-order valence-corrected chi connectivity index (χ4v) is 1.96. The number of nitrogens with zero attached hydrogens (tertiary/aromatic N) is 4. The zero-order chi connectivity index (χ0) is 13.9. The van der Waals surface area contributed by atoms with Crippen LogP contribution in [0.3, 0.4) is 0 Å². The number of hydrogen-bond donors (Lipinski definition) is 1. The molecule has 2 aromatic heterocycles. The minimum atomic E-state index is 0.566. The number of rotatable bonds is 3. The number of aromatic nitrogens is 4. The SMILES string of the molecule is CNc1cc(-n2cc(Cl)cn2)nc(-c2ccccc2)n1. The lowest BCUT2D eigenvalue weighted by molar-refractivity contribution is 0.842. The van der Waals surface area contributed by atoms with E-state index in [1.807, 2.05) is 43.4 Å². The monoisotopic (exact) mass is 285 g/mol. The van der Waals surface area contributed by atoms with Crippen LogP contribution in [0.15, 0.2) is 48.8 Å². The van der Waals surface area contributed by atoms with Crippen molar-refractivity contribution in [1.82, 2.24) is 19.7 Å². The quantitative estimate of drug-likeness (QED) is 0.804. The van der Waals surface area contributed by atoms with Gasteiger partial charge in [0.2, 0.25) is 0 Å². The fraction of sp³-hybridized carbons (Fsp3) is 0.0714. The van der Waals surface area contributed by atoms with Gasteiger partial charge in [0.15, 0.2) is 11.6 Å². The Morgan fingerprint density at radius 1 is 1.15 bits per heavy atom. The molecule has 2 heterocycles. The van der Waals surface area contributed by atoms with Crippen LogP contribution in [0, 0.1) is 0 Å². The third kappa shape index (κ3) is 2.48. The second kappa shape index (κ2) is 5.30. The second-order valence-corrected chi connectivity index (χ2v) is 4.59. The van der Waals surface area contributed by atoms with Crippen molar-refractivity contribution < 1.29 is 0 Å². The Labute approximate surface area is 121 Å². The Balaban J connectivity index is 2.12. The summed E-state index contributed by atoms with van der Waals surface area (Å²) in [7, 11) is 1.82. The van der Waals surface area contributed by atoms with Gasteiger partial charge in [-0.15, -0.1) is 0 Å². The highest BCUT2D eigenvalue weighted by Crippen LogP contribution is 2.19. The summed E-state index contributed by atoms with van der Waals surface area (Å²) in [4.78, 5) is 8.98. The van der Waals surface area contributed by atoms with Crippen molar-refractivity contribution in [3.8, 4) is 17.2 Å². The number of halogens is 1. The molecule has 0 atom stereocenters. The maximum atomic E-state index is 5.90. The predicted octanol–water partition coefficient (Wildman–Crippen LogP) is 3.02. The molecule has 0 fully saturated rings. The van der Waals surface area contributed by atoms with Gasteiger partial charge in [-0.1, -0.05) is 41.9 Å². The van der Waals surface area contributed by atoms with Crippen LogP contribution in [0.25, 0.3) is 17.2 Å². The van der Waals surface area contributed by atoms with E-state index in [2.05, 4.69) is 20.4 Å². The summed E-state index contributed by atoms with van der Waals surface area (Å²) in [6, 6.07) is 11.6. The van der Waals surface area contributed by atoms with Gasteiger partial charge in [-0.3, -0.25) is 0 Å². The zero-order valence-corrected chi connectivity index (χ0v) is 11.5. The van der Waals surface area contributed by atoms with E-state index in [1.165, 1.54) is 0 Å². The summed E-state index contributed by atoms with van der Waals surface area (Å²) >= 11 is 5.90. The number of nitrogens with one attached hydrogen (secondary N) is 1. The van der Waals surface area contributed by atoms with Crippen molar-refractivity contribution in [2.24, 2.45) is 0 Å². The first kappa shape index (κ1) is 12.6. The van der Waals surface area contributed by atoms with E-state index in [-0.39, 0.29) is 0 Å². The Bertz CT molecular complexity index is 723. The minimum absolute atomic E-state index is 0.566. The van der Waals surface area contributed by atoms with Crippen LogP contribution in [-0.4, -0.2) is 26.8 Å². The molecule has 20 heavy (non-hydrogen) atoms. The molecule has 0 aliphatic carbocycles. The van der Waals surface area contributed by atoms with Crippen LogP contribution >= 0.6 is 11.6 Å². The molecule has 0 unspecified atom stereocenters. The van der Waals surface area contributed by atoms with Gasteiger partial charge in [0.1, 0.15) is 5.82 Å². The van der Waals surface area contributed by atoms with Crippen LogP contribution in [0.4, 0.5) is 5.82 Å². The smallest absolute Gasteiger partial charge is 0.163 e. The van der Waals surface area contributed by atoms with E-state index in [9.17, 15) is 0 Å². The van der Waals surface area contributed by atoms with Gasteiger partial charge >= 0.3 is 0 Å². The largest absolute Gasteiger partial charge is 0.373 e. The zero-order valence-electron chi connectivity index (χ0n) is 10.8. The molecule has 0 saturated carbocycles. The summed E-state index contributed by atoms with van der Waals surface area (Å²) in [5.74, 6) is 2.02. The lowest BCUT2D eigenvalue weighted by atomic mass is 10.2. The van der Waals surface area contributed by atoms with Crippen LogP contribution in [-0.2, 0) is 0 Å². The van der Waals surface area contributed by atoms with E-state index < -0.39 is 0 Å². The summed E-state index contributed by atoms with van der Waals surface area (Å²) in [5.41, 5.74) is 0.948. The molecule has 0 amide bonds. The third-order valence-corrected chi connectivity index (χ3v) is 2.98. The van der Waals surface area contributed by atoms with Crippen LogP contribution < -0.4 is 5.32 Å². The molecule has 3 rings (SSSR count). The van der Waals surface area contributed by atoms with Crippen molar-refractivity contribution in [1.29, 1.82) is 0 Å². The van der Waals surface area contributed by atoms with Crippen molar-refractivity contribution in [2.45, 2.75) is 0 Å². The van der Waals surface area contributed by atoms with Crippen LogP contribution in [0.5, 0.6) is 0 Å². The standard InChI is InChI=1S/C14H12ClN5/c1-16-12-7-13(20-9-11(15)8-17-20)19-14(18-12)10-5-3-2-4-6-10/h2-9H,1H3,(H,16,18,19). The van der Waals surface area contributed by atoms with Crippen LogP contribution in [0.2, 0.25) is 5.02 Å². The Morgan fingerprint density at radius 3 is 2.60 bits per heavy atom. The summed E-state index contributed by atoms with van der Waals surface area (Å²) in [5, 5.41) is 7.76. The predicted molar refractivity (Wildman–Crippen MR) is 79.1 cm³/mol. The molecule has 0 spiro atoms. The number of benzene rings is 1. The molecule has 100 valence electrons. The van der Waals surface area contributed by atoms with Gasteiger partial charge in [-0.25, -0.2) is 14.6 Å². The molecule has 0 aliphatic rings. The molecule has 1 aromatic carbocycles. The average Bonchev–Trinajstić information content (AvgIpc) is 2.94. The van der Waals surface area contributed by atoms with Gasteiger partial charge in [0.25, 0.3) is 0 Å². The average molecular weight is 286 g/mol. The second-order valence-electron chi connectivity index (χ2n) is 4.15. The topological polar surface area (TPSA) is 55.6 Å². The molecule has 6 heteroatoms. The van der Waals surface area contributed by atoms with E-state index in [1.54, 1.807) is 17.1 Å². The highest BCUT2D eigenvalue weighted by molar-refractivity contribution is 6.30. The third-order valence-electron chi connectivity index (χ3n) is 2.79. The lowest BCUT2D eigenvalue weighted by Gasteiger charge is -2.07. The highest BCUT2D eigenvalue weighted by atomic mass is 35.5. The van der Waals surface area contributed by atoms with Crippen molar-refractivity contribution in [3.05, 3.63) is 53.8 Å². The normalized spacial score (nSPS) is 10.5. The Kier molecular flexibility index (Phi) is 3.35. The molecule has 3 aromatic rings. The lowest BCUT2D eigenvalue weighted by Crippen LogP contribution is -2.04. The summed E-state index contributed by atoms with van der Waals surface area (Å²) in [6.45, 7) is 0. The van der Waals surface area contributed by atoms with Gasteiger partial charge in [0, 0.05) is 18.7 Å². The van der Waals surface area contributed by atoms with E-state index in [4.69, 9.17) is 11.6 Å². The fourth-order valence-electron chi connectivity index (χ4n) is 1.82. The maximum Gasteiger partial charge on any atom is 0.163 e. The van der Waals surface area contributed by atoms with Gasteiger partial charge in [-0.2, -0.15) is 5.10 Å². The minimum Gasteiger partial charge on any atom is -0.373 e. The van der Waals surface area contributed by atoms with Crippen molar-refractivity contribution in [2.75, 3.05) is 12.4 Å². The Hall–Kier alpha value is -2.40. The molecule has 1 N–H and O–H groups in total. The van der Waals surface area contributed by atoms with Gasteiger partial charge in [0.05, 0.1) is 17.4 Å². The number of anilines is 1. The first-order chi connectivity index (χ1) is 9.76. The number of hydrogen-bond acceptors (Lipinski definition) is 4. The summed E-state index contributed by atoms with van der Waals surface area (Å²) < 4.78 is 1.62. The van der Waals surface area contributed by atoms with E-state index in [0.29, 0.717) is 16.7 Å². The molecule has 0 radical (unpaired) electrons. The molecule has 0 saturated heterocycles. The summed E-state index contributed by atoms with van der Waals surface area (Å²) in [6.07, 6.45) is 3.28. The van der Waals surface area contributed by atoms with Gasteiger partial charge in [-0.05, 0) is 0 Å². The maximum absolute atomic E-state index is 5.90.